The number of hydrogen-bond acceptors (Lipinski definition) is 2. The molecule has 53 heavy (non-hydrogen) atoms. The fourth-order valence-electron chi connectivity index (χ4n) is 8.49. The van der Waals surface area contributed by atoms with Crippen molar-refractivity contribution in [3.8, 4) is 28.2 Å². The number of aryl methyl sites for hydroxylation is 2. The molecule has 4 nitrogen and oxygen atoms in total. The number of fused-ring (bicyclic) bond motifs is 7. The topological polar surface area (TPSA) is 35.1 Å². The van der Waals surface area contributed by atoms with Crippen LogP contribution in [0.25, 0.3) is 83.1 Å². The van der Waals surface area contributed by atoms with E-state index < -0.39 is 8.07 Å². The van der Waals surface area contributed by atoms with Crippen LogP contribution in [0.1, 0.15) is 56.2 Å². The van der Waals surface area contributed by atoms with E-state index in [1.807, 2.05) is 0 Å². The second kappa shape index (κ2) is 12.1. The predicted octanol–water partition coefficient (Wildman–Crippen LogP) is 12.7. The van der Waals surface area contributed by atoms with Crippen LogP contribution in [0, 0.1) is 6.92 Å². The molecule has 0 bridgehead atoms. The van der Waals surface area contributed by atoms with Gasteiger partial charge in [0.15, 0.2) is 16.6 Å². The lowest BCUT2D eigenvalue weighted by Gasteiger charge is -2.19. The van der Waals surface area contributed by atoms with Gasteiger partial charge in [-0.15, -0.1) is 0 Å². The zero-order chi connectivity index (χ0) is 36.9. The zero-order valence-electron chi connectivity index (χ0n) is 32.3. The first-order valence-electron chi connectivity index (χ1n) is 19.0. The molecule has 0 fully saturated rings. The Labute approximate surface area is 312 Å². The van der Waals surface area contributed by atoms with Crippen molar-refractivity contribution in [3.05, 3.63) is 126 Å². The molecule has 5 heteroatoms. The summed E-state index contributed by atoms with van der Waals surface area (Å²) in [5.41, 5.74) is 14.5. The molecule has 0 atom stereocenters. The highest BCUT2D eigenvalue weighted by Gasteiger charge is 2.35. The quantitative estimate of drug-likeness (QED) is 0.127. The molecule has 0 radical (unpaired) electrons. The fraction of sp³-hybridized carbons (Fsp3) is 0.229. The molecular weight excluding hydrogens is 665 g/mol. The van der Waals surface area contributed by atoms with Gasteiger partial charge in [0, 0.05) is 32.7 Å². The number of para-hydroxylation sites is 2. The Morgan fingerprint density at radius 1 is 0.623 bits per heavy atom. The fourth-order valence-corrected chi connectivity index (χ4v) is 9.63. The molecule has 0 amide bonds. The molecular formula is C48H47N2O2Si+. The molecule has 0 aliphatic carbocycles. The van der Waals surface area contributed by atoms with E-state index in [-0.39, 0.29) is 11.8 Å². The lowest BCUT2D eigenvalue weighted by molar-refractivity contribution is -0.633. The van der Waals surface area contributed by atoms with Gasteiger partial charge in [0.05, 0.1) is 15.1 Å². The molecule has 0 aliphatic heterocycles. The molecule has 3 heterocycles. The van der Waals surface area contributed by atoms with Crippen LogP contribution in [0.5, 0.6) is 0 Å². The number of furan rings is 2. The van der Waals surface area contributed by atoms with E-state index in [0.29, 0.717) is 0 Å². The molecule has 6 aromatic carbocycles. The maximum absolute atomic E-state index is 7.01. The van der Waals surface area contributed by atoms with E-state index in [0.717, 1.165) is 66.5 Å². The zero-order valence-corrected chi connectivity index (χ0v) is 33.3. The largest absolute Gasteiger partial charge is 0.456 e. The number of benzene rings is 6. The predicted molar refractivity (Wildman–Crippen MR) is 226 cm³/mol. The van der Waals surface area contributed by atoms with Crippen LogP contribution in [0.4, 0.5) is 0 Å². The summed E-state index contributed by atoms with van der Waals surface area (Å²) in [4.78, 5) is 0. The average molecular weight is 712 g/mol. The SMILES string of the molecule is Cc1ccc2c(oc3cc([Si](C)(C)C)ccc32)c1-c1n(-c2c(C(C)C)cc3c(oc4cc(-c5ccccc5)ccc43)c2C(C)C)c2ccccc2[n+]1C. The highest BCUT2D eigenvalue weighted by atomic mass is 28.3. The van der Waals surface area contributed by atoms with Crippen molar-refractivity contribution in [2.75, 3.05) is 0 Å². The maximum Gasteiger partial charge on any atom is 0.299 e. The van der Waals surface area contributed by atoms with Crippen molar-refractivity contribution in [1.29, 1.82) is 0 Å². The maximum atomic E-state index is 7.01. The molecule has 0 aliphatic rings. The molecule has 3 aromatic heterocycles. The van der Waals surface area contributed by atoms with Crippen LogP contribution < -0.4 is 9.75 Å². The minimum absolute atomic E-state index is 0.183. The molecule has 264 valence electrons. The van der Waals surface area contributed by atoms with Crippen LogP contribution in [0.15, 0.2) is 118 Å². The molecule has 9 aromatic rings. The first-order chi connectivity index (χ1) is 25.4. The Bertz CT molecular complexity index is 2900. The van der Waals surface area contributed by atoms with Gasteiger partial charge in [-0.2, -0.15) is 4.57 Å². The second-order valence-corrected chi connectivity index (χ2v) is 21.6. The third-order valence-corrected chi connectivity index (χ3v) is 13.3. The standard InChI is InChI=1S/C48H47N2O2Si/c1-28(2)37-27-38-35-23-20-32(31-15-11-10-12-16-31)25-41(35)51-47(38)43(29(3)4)45(37)50-40-18-14-13-17-39(40)49(6)48(50)44-30(5)19-22-36-34-24-21-33(53(7,8)9)26-42(34)52-46(36)44/h10-29H,1-9H3/q+1. The summed E-state index contributed by atoms with van der Waals surface area (Å²) >= 11 is 0. The third-order valence-electron chi connectivity index (χ3n) is 11.3. The van der Waals surface area contributed by atoms with Crippen LogP contribution >= 0.6 is 0 Å². The van der Waals surface area contributed by atoms with Gasteiger partial charge in [0.25, 0.3) is 5.82 Å². The minimum atomic E-state index is -1.54. The number of imidazole rings is 1. The van der Waals surface area contributed by atoms with Crippen LogP contribution in [0.2, 0.25) is 19.6 Å². The molecule has 0 spiro atoms. The first-order valence-corrected chi connectivity index (χ1v) is 22.5. The molecule has 0 saturated heterocycles. The van der Waals surface area contributed by atoms with Gasteiger partial charge in [-0.1, -0.05) is 125 Å². The molecule has 0 unspecified atom stereocenters. The van der Waals surface area contributed by atoms with E-state index in [9.17, 15) is 0 Å². The summed E-state index contributed by atoms with van der Waals surface area (Å²) < 4.78 is 18.9. The molecule has 0 N–H and O–H groups in total. The summed E-state index contributed by atoms with van der Waals surface area (Å²) in [5.74, 6) is 1.54. The van der Waals surface area contributed by atoms with Gasteiger partial charge < -0.3 is 8.83 Å². The van der Waals surface area contributed by atoms with E-state index in [1.54, 1.807) is 0 Å². The van der Waals surface area contributed by atoms with E-state index >= 15 is 0 Å². The Morgan fingerprint density at radius 3 is 2.02 bits per heavy atom. The van der Waals surface area contributed by atoms with Crippen LogP contribution in [-0.2, 0) is 7.05 Å². The summed E-state index contributed by atoms with van der Waals surface area (Å²) in [6, 6.07) is 39.8. The van der Waals surface area contributed by atoms with Crippen molar-refractivity contribution in [2.45, 2.75) is 66.1 Å². The van der Waals surface area contributed by atoms with E-state index in [4.69, 9.17) is 8.83 Å². The van der Waals surface area contributed by atoms with Crippen molar-refractivity contribution in [1.82, 2.24) is 4.57 Å². The lowest BCUT2D eigenvalue weighted by Crippen LogP contribution is -2.37. The van der Waals surface area contributed by atoms with Crippen molar-refractivity contribution < 1.29 is 13.4 Å². The van der Waals surface area contributed by atoms with Gasteiger partial charge in [0.2, 0.25) is 0 Å². The van der Waals surface area contributed by atoms with E-state index in [2.05, 4.69) is 180 Å². The summed E-state index contributed by atoms with van der Waals surface area (Å²) in [6.45, 7) is 18.6. The molecule has 9 rings (SSSR count). The Hall–Kier alpha value is -5.39. The normalized spacial score (nSPS) is 12.6. The Balaban J connectivity index is 1.40. The minimum Gasteiger partial charge on any atom is -0.456 e. The molecule has 0 saturated carbocycles. The smallest absolute Gasteiger partial charge is 0.299 e. The van der Waals surface area contributed by atoms with Gasteiger partial charge in [-0.3, -0.25) is 0 Å². The van der Waals surface area contributed by atoms with Crippen molar-refractivity contribution in [2.24, 2.45) is 7.05 Å². The van der Waals surface area contributed by atoms with Gasteiger partial charge in [-0.25, -0.2) is 4.57 Å². The second-order valence-electron chi connectivity index (χ2n) is 16.5. The summed E-state index contributed by atoms with van der Waals surface area (Å²) in [5, 5.41) is 6.04. The third kappa shape index (κ3) is 5.12. The van der Waals surface area contributed by atoms with Crippen molar-refractivity contribution in [3.63, 3.8) is 0 Å². The number of rotatable bonds is 6. The number of nitrogens with zero attached hydrogens (tertiary/aromatic N) is 2. The first kappa shape index (κ1) is 33.4. The van der Waals surface area contributed by atoms with Gasteiger partial charge in [-0.05, 0) is 71.8 Å². The van der Waals surface area contributed by atoms with Gasteiger partial charge >= 0.3 is 0 Å². The van der Waals surface area contributed by atoms with E-state index in [1.165, 1.54) is 38.5 Å². The Kier molecular flexibility index (Phi) is 7.62. The Morgan fingerprint density at radius 2 is 1.28 bits per heavy atom. The van der Waals surface area contributed by atoms with Crippen LogP contribution in [-0.4, -0.2) is 12.6 Å². The average Bonchev–Trinajstić information content (AvgIpc) is 3.79. The van der Waals surface area contributed by atoms with Crippen molar-refractivity contribution >= 4 is 68.2 Å². The highest BCUT2D eigenvalue weighted by Crippen LogP contribution is 2.46. The summed E-state index contributed by atoms with van der Waals surface area (Å²) in [7, 11) is 0.662. The van der Waals surface area contributed by atoms with Crippen LogP contribution in [0.3, 0.4) is 0 Å². The number of hydrogen-bond donors (Lipinski definition) is 0. The lowest BCUT2D eigenvalue weighted by atomic mass is 9.89. The number of aromatic nitrogens is 2. The summed E-state index contributed by atoms with van der Waals surface area (Å²) in [6.07, 6.45) is 0. The van der Waals surface area contributed by atoms with Gasteiger partial charge in [0.1, 0.15) is 28.0 Å². The monoisotopic (exact) mass is 711 g/mol. The highest BCUT2D eigenvalue weighted by molar-refractivity contribution is 6.88.